The molecule has 2 heterocycles. The van der Waals surface area contributed by atoms with Gasteiger partial charge in [-0.3, -0.25) is 0 Å². The van der Waals surface area contributed by atoms with Gasteiger partial charge in [-0.2, -0.15) is 0 Å². The van der Waals surface area contributed by atoms with Crippen LogP contribution in [0.5, 0.6) is 23.0 Å². The van der Waals surface area contributed by atoms with E-state index in [9.17, 15) is 14.6 Å². The molecule has 0 bridgehead atoms. The van der Waals surface area contributed by atoms with E-state index in [2.05, 4.69) is 0 Å². The molecule has 7 heteroatoms. The van der Waals surface area contributed by atoms with Crippen LogP contribution in [0.1, 0.15) is 47.8 Å². The van der Waals surface area contributed by atoms with E-state index in [1.54, 1.807) is 32.4 Å². The third kappa shape index (κ3) is 3.98. The molecule has 3 aromatic carbocycles. The lowest BCUT2D eigenvalue weighted by Crippen LogP contribution is -2.26. The maximum absolute atomic E-state index is 13.6. The maximum atomic E-state index is 13.6. The molecular weight excluding hydrogens is 451 g/mol. The molecule has 2 aliphatic rings. The number of fused-ring (bicyclic) bond motifs is 2. The number of phenolic OH excluding ortho intramolecular Hbond substituents is 2. The second-order valence-corrected chi connectivity index (χ2v) is 9.21. The first-order valence-corrected chi connectivity index (χ1v) is 11.7. The molecule has 0 radical (unpaired) electrons. The summed E-state index contributed by atoms with van der Waals surface area (Å²) < 4.78 is 37.2. The molecule has 5 rings (SSSR count). The molecule has 0 saturated carbocycles. The smallest absolute Gasteiger partial charge is 0.164 e. The number of hydrogen-bond donors (Lipinski definition) is 2. The van der Waals surface area contributed by atoms with Crippen LogP contribution in [0.25, 0.3) is 11.1 Å². The molecule has 0 unspecified atom stereocenters. The summed E-state index contributed by atoms with van der Waals surface area (Å²) in [6.45, 7) is 4.38. The molecule has 0 aromatic heterocycles. The van der Waals surface area contributed by atoms with Crippen molar-refractivity contribution in [2.75, 3.05) is 14.2 Å². The predicted molar refractivity (Wildman–Crippen MR) is 129 cm³/mol. The molecular formula is C28H29FO6. The summed E-state index contributed by atoms with van der Waals surface area (Å²) in [4.78, 5) is 0. The normalized spacial score (nSPS) is 21.2. The number of benzene rings is 3. The second-order valence-electron chi connectivity index (χ2n) is 9.21. The van der Waals surface area contributed by atoms with Gasteiger partial charge >= 0.3 is 0 Å². The number of rotatable bonds is 4. The summed E-state index contributed by atoms with van der Waals surface area (Å²) in [7, 11) is 3.22. The lowest BCUT2D eigenvalue weighted by atomic mass is 9.81. The second kappa shape index (κ2) is 9.06. The first kappa shape index (κ1) is 23.5. The highest BCUT2D eigenvalue weighted by Crippen LogP contribution is 2.52. The van der Waals surface area contributed by atoms with Gasteiger partial charge in [0.25, 0.3) is 0 Å². The summed E-state index contributed by atoms with van der Waals surface area (Å²) >= 11 is 0. The van der Waals surface area contributed by atoms with Gasteiger partial charge in [0.2, 0.25) is 0 Å². The lowest BCUT2D eigenvalue weighted by Gasteiger charge is -2.34. The Morgan fingerprint density at radius 1 is 0.886 bits per heavy atom. The number of hydrogen-bond acceptors (Lipinski definition) is 6. The molecule has 3 atom stereocenters. The zero-order valence-electron chi connectivity index (χ0n) is 20.2. The molecule has 2 aliphatic heterocycles. The van der Waals surface area contributed by atoms with Gasteiger partial charge in [0.15, 0.2) is 11.5 Å². The van der Waals surface area contributed by atoms with Crippen LogP contribution in [-0.2, 0) is 28.9 Å². The third-order valence-corrected chi connectivity index (χ3v) is 6.91. The Balaban J connectivity index is 1.80. The fraction of sp³-hybridized carbons (Fsp3) is 0.357. The number of methoxy groups -OCH3 is 2. The molecule has 35 heavy (non-hydrogen) atoms. The topological polar surface area (TPSA) is 77.4 Å². The number of halogens is 1. The SMILES string of the molecule is COc1cc(OC)c(-c2cc(O)c(O)c3c2C[C@H](C)O[C@@H]3c2ccc(F)cc2)c2c1CO[C@H](C)C2. The Bertz CT molecular complexity index is 1270. The van der Waals surface area contributed by atoms with Gasteiger partial charge in [-0.1, -0.05) is 12.1 Å². The van der Waals surface area contributed by atoms with Crippen LogP contribution >= 0.6 is 0 Å². The minimum atomic E-state index is -0.664. The lowest BCUT2D eigenvalue weighted by molar-refractivity contribution is 0.00585. The zero-order valence-corrected chi connectivity index (χ0v) is 20.2. The molecule has 184 valence electrons. The quantitative estimate of drug-likeness (QED) is 0.485. The van der Waals surface area contributed by atoms with E-state index in [0.717, 1.165) is 27.8 Å². The highest BCUT2D eigenvalue weighted by Gasteiger charge is 2.35. The van der Waals surface area contributed by atoms with Gasteiger partial charge in [-0.15, -0.1) is 0 Å². The predicted octanol–water partition coefficient (Wildman–Crippen LogP) is 5.43. The van der Waals surface area contributed by atoms with Crippen LogP contribution in [-0.4, -0.2) is 36.6 Å². The number of aromatic hydroxyl groups is 2. The van der Waals surface area contributed by atoms with Gasteiger partial charge in [0.05, 0.1) is 33.0 Å². The van der Waals surface area contributed by atoms with Crippen molar-refractivity contribution in [1.82, 2.24) is 0 Å². The molecule has 2 N–H and O–H groups in total. The average molecular weight is 481 g/mol. The molecule has 6 nitrogen and oxygen atoms in total. The highest BCUT2D eigenvalue weighted by molar-refractivity contribution is 5.83. The van der Waals surface area contributed by atoms with Crippen molar-refractivity contribution in [3.8, 4) is 34.1 Å². The van der Waals surface area contributed by atoms with E-state index >= 15 is 0 Å². The summed E-state index contributed by atoms with van der Waals surface area (Å²) in [5, 5.41) is 21.9. The van der Waals surface area contributed by atoms with Crippen molar-refractivity contribution in [1.29, 1.82) is 0 Å². The minimum absolute atomic E-state index is 0.00572. The highest BCUT2D eigenvalue weighted by atomic mass is 19.1. The Morgan fingerprint density at radius 2 is 1.57 bits per heavy atom. The van der Waals surface area contributed by atoms with Crippen LogP contribution in [0.2, 0.25) is 0 Å². The fourth-order valence-corrected chi connectivity index (χ4v) is 5.28. The van der Waals surface area contributed by atoms with Crippen LogP contribution in [0.4, 0.5) is 4.39 Å². The van der Waals surface area contributed by atoms with Crippen molar-refractivity contribution < 1.29 is 33.6 Å². The Morgan fingerprint density at radius 3 is 2.26 bits per heavy atom. The van der Waals surface area contributed by atoms with Crippen LogP contribution in [0.3, 0.4) is 0 Å². The van der Waals surface area contributed by atoms with Gasteiger partial charge in [-0.05, 0) is 67.1 Å². The number of phenols is 2. The van der Waals surface area contributed by atoms with Gasteiger partial charge in [0, 0.05) is 22.8 Å². The van der Waals surface area contributed by atoms with E-state index in [-0.39, 0.29) is 29.5 Å². The largest absolute Gasteiger partial charge is 0.504 e. The Hall–Kier alpha value is -3.29. The third-order valence-electron chi connectivity index (χ3n) is 6.91. The monoisotopic (exact) mass is 480 g/mol. The summed E-state index contributed by atoms with van der Waals surface area (Å²) in [5.74, 6) is 0.452. The average Bonchev–Trinajstić information content (AvgIpc) is 2.85. The van der Waals surface area contributed by atoms with Crippen molar-refractivity contribution in [3.63, 3.8) is 0 Å². The summed E-state index contributed by atoms with van der Waals surface area (Å²) in [6.07, 6.45) is 0.313. The molecule has 0 spiro atoms. The van der Waals surface area contributed by atoms with E-state index in [1.165, 1.54) is 12.1 Å². The van der Waals surface area contributed by atoms with Gasteiger partial charge in [-0.25, -0.2) is 4.39 Å². The van der Waals surface area contributed by atoms with Gasteiger partial charge < -0.3 is 29.2 Å². The molecule has 0 amide bonds. The zero-order chi connectivity index (χ0) is 24.9. The Kier molecular flexibility index (Phi) is 6.07. The van der Waals surface area contributed by atoms with Crippen molar-refractivity contribution in [2.45, 2.75) is 51.6 Å². The maximum Gasteiger partial charge on any atom is 0.164 e. The van der Waals surface area contributed by atoms with Crippen molar-refractivity contribution in [3.05, 3.63) is 70.0 Å². The Labute approximate surface area is 203 Å². The van der Waals surface area contributed by atoms with Gasteiger partial charge in [0.1, 0.15) is 23.4 Å². The molecule has 3 aromatic rings. The van der Waals surface area contributed by atoms with Crippen molar-refractivity contribution in [2.24, 2.45) is 0 Å². The van der Waals surface area contributed by atoms with E-state index in [0.29, 0.717) is 42.1 Å². The molecule has 0 saturated heterocycles. The van der Waals surface area contributed by atoms with Crippen LogP contribution in [0, 0.1) is 5.82 Å². The number of ether oxygens (including phenoxy) is 4. The first-order valence-electron chi connectivity index (χ1n) is 11.7. The van der Waals surface area contributed by atoms with Crippen LogP contribution in [0.15, 0.2) is 36.4 Å². The first-order chi connectivity index (χ1) is 16.8. The summed E-state index contributed by atoms with van der Waals surface area (Å²) in [6, 6.07) is 9.44. The summed E-state index contributed by atoms with van der Waals surface area (Å²) in [5.41, 5.74) is 5.62. The van der Waals surface area contributed by atoms with E-state index in [4.69, 9.17) is 18.9 Å². The molecule has 0 fully saturated rings. The van der Waals surface area contributed by atoms with E-state index in [1.807, 2.05) is 19.9 Å². The minimum Gasteiger partial charge on any atom is -0.504 e. The fourth-order valence-electron chi connectivity index (χ4n) is 5.28. The molecule has 0 aliphatic carbocycles. The van der Waals surface area contributed by atoms with Crippen LogP contribution < -0.4 is 9.47 Å². The standard InChI is InChI=1S/C28H29FO6/c1-14-9-19-21(13-34-14)23(32-3)12-24(33-4)25(19)20-11-22(30)27(31)26-18(20)10-15(2)35-28(26)16-5-7-17(29)8-6-16/h5-8,11-12,14-15,28,30-31H,9-10,13H2,1-4H3/t14-,15+,28-/m1/s1. The van der Waals surface area contributed by atoms with Crippen molar-refractivity contribution >= 4 is 0 Å². The van der Waals surface area contributed by atoms with E-state index < -0.39 is 6.10 Å².